The molecule has 0 heterocycles. The molecular formula is C13H19N3O2. The van der Waals surface area contributed by atoms with Gasteiger partial charge in [-0.25, -0.2) is 0 Å². The van der Waals surface area contributed by atoms with Crippen molar-refractivity contribution >= 4 is 11.8 Å². The number of primary amides is 1. The molecule has 1 aromatic carbocycles. The number of hydrogen-bond donors (Lipinski definition) is 2. The normalized spacial score (nSPS) is 13.7. The second kappa shape index (κ2) is 6.16. The van der Waals surface area contributed by atoms with Crippen LogP contribution < -0.4 is 11.5 Å². The molecule has 0 aliphatic heterocycles. The maximum atomic E-state index is 12.0. The molecule has 18 heavy (non-hydrogen) atoms. The maximum Gasteiger partial charge on any atom is 0.240 e. The predicted octanol–water partition coefficient (Wildman–Crippen LogP) is 0.409. The van der Waals surface area contributed by atoms with E-state index < -0.39 is 11.9 Å². The van der Waals surface area contributed by atoms with Crippen molar-refractivity contribution < 1.29 is 9.59 Å². The van der Waals surface area contributed by atoms with Crippen molar-refractivity contribution in [2.45, 2.75) is 25.9 Å². The topological polar surface area (TPSA) is 89.4 Å². The first-order valence-electron chi connectivity index (χ1n) is 5.82. The van der Waals surface area contributed by atoms with E-state index in [-0.39, 0.29) is 18.5 Å². The lowest BCUT2D eigenvalue weighted by atomic mass is 10.1. The SMILES string of the molecule is C[C@H](N)C(=O)N(CC(N)=O)[C@H](C)c1ccccc1. The van der Waals surface area contributed by atoms with E-state index >= 15 is 0 Å². The lowest BCUT2D eigenvalue weighted by molar-refractivity contribution is -0.138. The fourth-order valence-corrected chi connectivity index (χ4v) is 1.75. The molecule has 1 rings (SSSR count). The van der Waals surface area contributed by atoms with Gasteiger partial charge in [-0.1, -0.05) is 30.3 Å². The summed E-state index contributed by atoms with van der Waals surface area (Å²) in [6.07, 6.45) is 0. The summed E-state index contributed by atoms with van der Waals surface area (Å²) in [4.78, 5) is 24.5. The van der Waals surface area contributed by atoms with Gasteiger partial charge in [-0.05, 0) is 19.4 Å². The van der Waals surface area contributed by atoms with Crippen LogP contribution in [0.5, 0.6) is 0 Å². The van der Waals surface area contributed by atoms with E-state index in [4.69, 9.17) is 11.5 Å². The van der Waals surface area contributed by atoms with Gasteiger partial charge >= 0.3 is 0 Å². The van der Waals surface area contributed by atoms with E-state index in [2.05, 4.69) is 0 Å². The largest absolute Gasteiger partial charge is 0.368 e. The number of carbonyl (C=O) groups excluding carboxylic acids is 2. The van der Waals surface area contributed by atoms with Gasteiger partial charge in [0.2, 0.25) is 11.8 Å². The van der Waals surface area contributed by atoms with E-state index in [0.29, 0.717) is 0 Å². The highest BCUT2D eigenvalue weighted by Gasteiger charge is 2.25. The monoisotopic (exact) mass is 249 g/mol. The van der Waals surface area contributed by atoms with E-state index in [1.165, 1.54) is 4.90 Å². The summed E-state index contributed by atoms with van der Waals surface area (Å²) in [5.74, 6) is -0.836. The fourth-order valence-electron chi connectivity index (χ4n) is 1.75. The summed E-state index contributed by atoms with van der Waals surface area (Å²) in [6, 6.07) is 8.55. The third-order valence-corrected chi connectivity index (χ3v) is 2.75. The van der Waals surface area contributed by atoms with Crippen LogP contribution in [0.3, 0.4) is 0 Å². The van der Waals surface area contributed by atoms with E-state index in [0.717, 1.165) is 5.56 Å². The minimum Gasteiger partial charge on any atom is -0.368 e. The van der Waals surface area contributed by atoms with Gasteiger partial charge in [0, 0.05) is 0 Å². The quantitative estimate of drug-likeness (QED) is 0.792. The Balaban J connectivity index is 2.96. The average Bonchev–Trinajstić information content (AvgIpc) is 2.35. The standard InChI is InChI=1S/C13H19N3O2/c1-9(14)13(18)16(8-12(15)17)10(2)11-6-4-3-5-7-11/h3-7,9-10H,8,14H2,1-2H3,(H2,15,17)/t9-,10+/m0/s1. The van der Waals surface area contributed by atoms with Gasteiger partial charge in [0.25, 0.3) is 0 Å². The van der Waals surface area contributed by atoms with Gasteiger partial charge in [0.1, 0.15) is 0 Å². The van der Waals surface area contributed by atoms with Crippen molar-refractivity contribution in [1.29, 1.82) is 0 Å². The van der Waals surface area contributed by atoms with Crippen LogP contribution in [-0.4, -0.2) is 29.3 Å². The molecule has 4 N–H and O–H groups in total. The average molecular weight is 249 g/mol. The van der Waals surface area contributed by atoms with Gasteiger partial charge in [-0.2, -0.15) is 0 Å². The van der Waals surface area contributed by atoms with Gasteiger partial charge in [-0.3, -0.25) is 9.59 Å². The molecule has 0 bridgehead atoms. The maximum absolute atomic E-state index is 12.0. The highest BCUT2D eigenvalue weighted by atomic mass is 16.2. The van der Waals surface area contributed by atoms with Gasteiger partial charge < -0.3 is 16.4 Å². The van der Waals surface area contributed by atoms with Crippen LogP contribution in [0.2, 0.25) is 0 Å². The van der Waals surface area contributed by atoms with Crippen molar-refractivity contribution in [3.8, 4) is 0 Å². The summed E-state index contributed by atoms with van der Waals surface area (Å²) in [5, 5.41) is 0. The zero-order valence-electron chi connectivity index (χ0n) is 10.7. The van der Waals surface area contributed by atoms with Crippen LogP contribution in [0.25, 0.3) is 0 Å². The van der Waals surface area contributed by atoms with Crippen molar-refractivity contribution in [3.63, 3.8) is 0 Å². The van der Waals surface area contributed by atoms with E-state index in [1.54, 1.807) is 6.92 Å². The first-order chi connectivity index (χ1) is 8.43. The number of hydrogen-bond acceptors (Lipinski definition) is 3. The molecule has 0 aromatic heterocycles. The summed E-state index contributed by atoms with van der Waals surface area (Å²) in [5.41, 5.74) is 11.7. The van der Waals surface area contributed by atoms with E-state index in [9.17, 15) is 9.59 Å². The highest BCUT2D eigenvalue weighted by molar-refractivity contribution is 5.86. The molecule has 0 unspecified atom stereocenters. The number of carbonyl (C=O) groups is 2. The molecule has 0 fully saturated rings. The third-order valence-electron chi connectivity index (χ3n) is 2.75. The third kappa shape index (κ3) is 3.56. The summed E-state index contributed by atoms with van der Waals surface area (Å²) >= 11 is 0. The number of amides is 2. The first kappa shape index (κ1) is 14.2. The minimum absolute atomic E-state index is 0.129. The highest BCUT2D eigenvalue weighted by Crippen LogP contribution is 2.20. The number of rotatable bonds is 5. The molecule has 2 amide bonds. The lowest BCUT2D eigenvalue weighted by Gasteiger charge is -2.29. The Bertz CT molecular complexity index is 418. The second-order valence-corrected chi connectivity index (χ2v) is 4.31. The summed E-state index contributed by atoms with van der Waals surface area (Å²) in [7, 11) is 0. The van der Waals surface area contributed by atoms with Crippen LogP contribution in [-0.2, 0) is 9.59 Å². The van der Waals surface area contributed by atoms with Crippen LogP contribution in [0.4, 0.5) is 0 Å². The number of nitrogens with two attached hydrogens (primary N) is 2. The molecule has 5 nitrogen and oxygen atoms in total. The molecule has 1 aromatic rings. The molecule has 98 valence electrons. The predicted molar refractivity (Wildman–Crippen MR) is 69.4 cm³/mol. The Morgan fingerprint density at radius 2 is 1.78 bits per heavy atom. The van der Waals surface area contributed by atoms with Gasteiger partial charge in [0.05, 0.1) is 18.6 Å². The van der Waals surface area contributed by atoms with Crippen molar-refractivity contribution in [1.82, 2.24) is 4.90 Å². The fraction of sp³-hybridized carbons (Fsp3) is 0.385. The Labute approximate surface area is 107 Å². The van der Waals surface area contributed by atoms with Gasteiger partial charge in [-0.15, -0.1) is 0 Å². The molecule has 0 aliphatic carbocycles. The Morgan fingerprint density at radius 1 is 1.22 bits per heavy atom. The van der Waals surface area contributed by atoms with Crippen molar-refractivity contribution in [2.24, 2.45) is 11.5 Å². The van der Waals surface area contributed by atoms with Crippen molar-refractivity contribution in [3.05, 3.63) is 35.9 Å². The summed E-state index contributed by atoms with van der Waals surface area (Å²) < 4.78 is 0. The zero-order valence-corrected chi connectivity index (χ0v) is 10.7. The molecule has 0 saturated carbocycles. The lowest BCUT2D eigenvalue weighted by Crippen LogP contribution is -2.46. The second-order valence-electron chi connectivity index (χ2n) is 4.31. The Hall–Kier alpha value is -1.88. The molecule has 0 aliphatic rings. The smallest absolute Gasteiger partial charge is 0.240 e. The summed E-state index contributed by atoms with van der Waals surface area (Å²) in [6.45, 7) is 3.31. The van der Waals surface area contributed by atoms with Crippen LogP contribution >= 0.6 is 0 Å². The zero-order chi connectivity index (χ0) is 13.7. The molecular weight excluding hydrogens is 230 g/mol. The molecule has 0 spiro atoms. The number of nitrogens with zero attached hydrogens (tertiary/aromatic N) is 1. The molecule has 0 saturated heterocycles. The minimum atomic E-state index is -0.657. The van der Waals surface area contributed by atoms with Crippen molar-refractivity contribution in [2.75, 3.05) is 6.54 Å². The van der Waals surface area contributed by atoms with Gasteiger partial charge in [0.15, 0.2) is 0 Å². The van der Waals surface area contributed by atoms with E-state index in [1.807, 2.05) is 37.3 Å². The Morgan fingerprint density at radius 3 is 2.22 bits per heavy atom. The van der Waals surface area contributed by atoms with Crippen LogP contribution in [0.1, 0.15) is 25.5 Å². The molecule has 0 radical (unpaired) electrons. The number of benzene rings is 1. The molecule has 5 heteroatoms. The van der Waals surface area contributed by atoms with Crippen LogP contribution in [0.15, 0.2) is 30.3 Å². The van der Waals surface area contributed by atoms with Crippen LogP contribution in [0, 0.1) is 0 Å². The Kier molecular flexibility index (Phi) is 4.85. The first-order valence-corrected chi connectivity index (χ1v) is 5.82. The molecule has 2 atom stereocenters.